The highest BCUT2D eigenvalue weighted by molar-refractivity contribution is 5.80. The summed E-state index contributed by atoms with van der Waals surface area (Å²) >= 11 is 0. The number of carbonyl (C=O) groups is 1. The molecule has 0 saturated carbocycles. The van der Waals surface area contributed by atoms with E-state index >= 15 is 0 Å². The molecule has 0 aliphatic carbocycles. The summed E-state index contributed by atoms with van der Waals surface area (Å²) in [5.41, 5.74) is 3.42. The van der Waals surface area contributed by atoms with Crippen LogP contribution < -0.4 is 14.0 Å². The second kappa shape index (κ2) is 7.07. The molecule has 0 bridgehead atoms. The largest absolute Gasteiger partial charge is 0.491 e. The van der Waals surface area contributed by atoms with E-state index in [-0.39, 0.29) is 5.78 Å². The van der Waals surface area contributed by atoms with Crippen LogP contribution in [0.3, 0.4) is 0 Å². The Morgan fingerprint density at radius 1 is 1.05 bits per heavy atom. The molecule has 22 heavy (non-hydrogen) atoms. The van der Waals surface area contributed by atoms with Crippen LogP contribution in [0.2, 0.25) is 0 Å². The molecule has 0 amide bonds. The molecule has 0 N–H and O–H groups in total. The van der Waals surface area contributed by atoms with E-state index in [2.05, 4.69) is 0 Å². The van der Waals surface area contributed by atoms with E-state index in [4.69, 9.17) is 9.47 Å². The molecule has 1 heterocycles. The van der Waals surface area contributed by atoms with Crippen molar-refractivity contribution in [2.45, 2.75) is 26.8 Å². The summed E-state index contributed by atoms with van der Waals surface area (Å²) in [5, 5.41) is 0. The van der Waals surface area contributed by atoms with Gasteiger partial charge in [-0.05, 0) is 30.5 Å². The van der Waals surface area contributed by atoms with Gasteiger partial charge in [-0.2, -0.15) is 4.57 Å². The van der Waals surface area contributed by atoms with Crippen molar-refractivity contribution < 1.29 is 18.8 Å². The van der Waals surface area contributed by atoms with Crippen molar-refractivity contribution in [3.63, 3.8) is 0 Å². The van der Waals surface area contributed by atoms with Crippen molar-refractivity contribution in [1.29, 1.82) is 0 Å². The number of carbonyl (C=O) groups excluding carboxylic acids is 1. The zero-order chi connectivity index (χ0) is 16.1. The van der Waals surface area contributed by atoms with Gasteiger partial charge in [0, 0.05) is 12.5 Å². The Labute approximate surface area is 131 Å². The minimum absolute atomic E-state index is 0.151. The maximum absolute atomic E-state index is 12.4. The first-order chi connectivity index (χ1) is 10.5. The molecule has 4 heteroatoms. The van der Waals surface area contributed by atoms with Gasteiger partial charge < -0.3 is 9.47 Å². The van der Waals surface area contributed by atoms with Gasteiger partial charge in [0.15, 0.2) is 11.5 Å². The number of aromatic nitrogens is 1. The van der Waals surface area contributed by atoms with E-state index in [9.17, 15) is 4.79 Å². The van der Waals surface area contributed by atoms with E-state index < -0.39 is 0 Å². The summed E-state index contributed by atoms with van der Waals surface area (Å²) in [6, 6.07) is 7.88. The number of aryl methyl sites for hydroxylation is 2. The molecular weight excluding hydrogens is 278 g/mol. The average Bonchev–Trinajstić information content (AvgIpc) is 2.50. The van der Waals surface area contributed by atoms with Crippen LogP contribution in [0.5, 0.6) is 11.5 Å². The monoisotopic (exact) mass is 300 g/mol. The maximum atomic E-state index is 12.4. The lowest BCUT2D eigenvalue weighted by atomic mass is 9.98. The van der Waals surface area contributed by atoms with Gasteiger partial charge in [0.05, 0.1) is 14.2 Å². The van der Waals surface area contributed by atoms with E-state index in [1.807, 2.05) is 32.0 Å². The highest BCUT2D eigenvalue weighted by Gasteiger charge is 2.15. The summed E-state index contributed by atoms with van der Waals surface area (Å²) in [6.07, 6.45) is 4.03. The highest BCUT2D eigenvalue weighted by atomic mass is 16.5. The molecular formula is C18H22NO3+. The Morgan fingerprint density at radius 2 is 1.59 bits per heavy atom. The van der Waals surface area contributed by atoms with Crippen molar-refractivity contribution in [1.82, 2.24) is 0 Å². The van der Waals surface area contributed by atoms with Crippen LogP contribution in [-0.4, -0.2) is 20.0 Å². The lowest BCUT2D eigenvalue weighted by Gasteiger charge is -2.08. The number of pyridine rings is 1. The van der Waals surface area contributed by atoms with Crippen molar-refractivity contribution in [3.05, 3.63) is 53.3 Å². The molecule has 116 valence electrons. The van der Waals surface area contributed by atoms with Crippen molar-refractivity contribution >= 4 is 5.78 Å². The van der Waals surface area contributed by atoms with Gasteiger partial charge in [0.2, 0.25) is 24.7 Å². The third-order valence-corrected chi connectivity index (χ3v) is 3.72. The van der Waals surface area contributed by atoms with Crippen molar-refractivity contribution in [2.75, 3.05) is 14.2 Å². The van der Waals surface area contributed by atoms with Gasteiger partial charge in [-0.3, -0.25) is 4.79 Å². The minimum atomic E-state index is 0.151. The van der Waals surface area contributed by atoms with E-state index in [0.29, 0.717) is 24.5 Å². The summed E-state index contributed by atoms with van der Waals surface area (Å²) in [4.78, 5) is 12.4. The van der Waals surface area contributed by atoms with Gasteiger partial charge >= 0.3 is 0 Å². The maximum Gasteiger partial charge on any atom is 0.211 e. The van der Waals surface area contributed by atoms with Crippen molar-refractivity contribution in [3.8, 4) is 11.5 Å². The number of hydrogen-bond donors (Lipinski definition) is 0. The summed E-state index contributed by atoms with van der Waals surface area (Å²) in [5.74, 6) is 1.48. The lowest BCUT2D eigenvalue weighted by Crippen LogP contribution is -2.38. The topological polar surface area (TPSA) is 39.4 Å². The molecule has 2 rings (SSSR count). The van der Waals surface area contributed by atoms with E-state index in [1.54, 1.807) is 37.2 Å². The van der Waals surface area contributed by atoms with Crippen LogP contribution in [0.1, 0.15) is 16.7 Å². The standard InChI is InChI=1S/C18H22NO3/c1-13-6-5-7-14(2)18(13)8-15(20)10-19-11-16(21-3)9-17(12-19)22-4/h5-7,9,11-12H,8,10H2,1-4H3/q+1. The molecule has 1 aromatic heterocycles. The molecule has 0 spiro atoms. The van der Waals surface area contributed by atoms with Crippen LogP contribution in [0, 0.1) is 13.8 Å². The molecule has 0 fully saturated rings. The Kier molecular flexibility index (Phi) is 5.15. The van der Waals surface area contributed by atoms with Crippen LogP contribution in [0.4, 0.5) is 0 Å². The number of ether oxygens (including phenoxy) is 2. The van der Waals surface area contributed by atoms with Gasteiger partial charge in [0.1, 0.15) is 0 Å². The molecule has 0 radical (unpaired) electrons. The van der Waals surface area contributed by atoms with Crippen LogP contribution in [0.15, 0.2) is 36.7 Å². The summed E-state index contributed by atoms with van der Waals surface area (Å²) < 4.78 is 12.2. The third-order valence-electron chi connectivity index (χ3n) is 3.72. The fourth-order valence-corrected chi connectivity index (χ4v) is 2.48. The summed E-state index contributed by atoms with van der Waals surface area (Å²) in [6.45, 7) is 4.37. The van der Waals surface area contributed by atoms with E-state index in [1.165, 1.54) is 0 Å². The zero-order valence-electron chi connectivity index (χ0n) is 13.6. The predicted octanol–water partition coefficient (Wildman–Crippen LogP) is 2.42. The quantitative estimate of drug-likeness (QED) is 0.769. The average molecular weight is 300 g/mol. The number of benzene rings is 1. The normalized spacial score (nSPS) is 10.4. The molecule has 2 aromatic rings. The molecule has 0 aliphatic rings. The van der Waals surface area contributed by atoms with Crippen LogP contribution >= 0.6 is 0 Å². The number of Topliss-reactive ketones (excluding diaryl/α,β-unsaturated/α-hetero) is 1. The second-order valence-corrected chi connectivity index (χ2v) is 5.37. The number of ketones is 1. The molecule has 4 nitrogen and oxygen atoms in total. The predicted molar refractivity (Wildman–Crippen MR) is 84.4 cm³/mol. The number of rotatable bonds is 6. The molecule has 0 atom stereocenters. The van der Waals surface area contributed by atoms with Crippen LogP contribution in [-0.2, 0) is 17.8 Å². The minimum Gasteiger partial charge on any atom is -0.491 e. The number of hydrogen-bond acceptors (Lipinski definition) is 3. The highest BCUT2D eigenvalue weighted by Crippen LogP contribution is 2.16. The van der Waals surface area contributed by atoms with Crippen LogP contribution in [0.25, 0.3) is 0 Å². The first-order valence-electron chi connectivity index (χ1n) is 7.22. The molecule has 0 unspecified atom stereocenters. The summed E-state index contributed by atoms with van der Waals surface area (Å²) in [7, 11) is 3.19. The number of nitrogens with zero attached hydrogens (tertiary/aromatic N) is 1. The fourth-order valence-electron chi connectivity index (χ4n) is 2.48. The second-order valence-electron chi connectivity index (χ2n) is 5.37. The van der Waals surface area contributed by atoms with Gasteiger partial charge in [-0.25, -0.2) is 0 Å². The first kappa shape index (κ1) is 16.0. The molecule has 0 saturated heterocycles. The van der Waals surface area contributed by atoms with Crippen molar-refractivity contribution in [2.24, 2.45) is 0 Å². The Morgan fingerprint density at radius 3 is 2.09 bits per heavy atom. The van der Waals surface area contributed by atoms with Gasteiger partial charge in [-0.1, -0.05) is 18.2 Å². The number of methoxy groups -OCH3 is 2. The third kappa shape index (κ3) is 3.85. The molecule has 1 aromatic carbocycles. The Bertz CT molecular complexity index is 638. The van der Waals surface area contributed by atoms with Gasteiger partial charge in [-0.15, -0.1) is 0 Å². The van der Waals surface area contributed by atoms with Gasteiger partial charge in [0.25, 0.3) is 0 Å². The molecule has 0 aliphatic heterocycles. The zero-order valence-corrected chi connectivity index (χ0v) is 13.6. The smallest absolute Gasteiger partial charge is 0.211 e. The SMILES string of the molecule is COc1cc(OC)c[n+](CC(=O)Cc2c(C)cccc2C)c1. The Hall–Kier alpha value is -2.36. The first-order valence-corrected chi connectivity index (χ1v) is 7.22. The fraction of sp³-hybridized carbons (Fsp3) is 0.333. The Balaban J connectivity index is 2.15. The van der Waals surface area contributed by atoms with E-state index in [0.717, 1.165) is 16.7 Å². The lowest BCUT2D eigenvalue weighted by molar-refractivity contribution is -0.684.